The van der Waals surface area contributed by atoms with Crippen molar-refractivity contribution in [1.29, 1.82) is 0 Å². The highest BCUT2D eigenvalue weighted by atomic mass is 32.1. The average Bonchev–Trinajstić information content (AvgIpc) is 3.19. The van der Waals surface area contributed by atoms with Gasteiger partial charge in [-0.15, -0.1) is 6.58 Å². The number of aromatic nitrogens is 2. The summed E-state index contributed by atoms with van der Waals surface area (Å²) in [6.45, 7) is 8.00. The molecule has 0 radical (unpaired) electrons. The summed E-state index contributed by atoms with van der Waals surface area (Å²) in [5, 5.41) is 3.69. The first-order valence-corrected chi connectivity index (χ1v) is 8.79. The maximum atomic E-state index is 12.3. The number of benzene rings is 1. The summed E-state index contributed by atoms with van der Waals surface area (Å²) in [5.74, 6) is -0.333. The Labute approximate surface area is 153 Å². The SMILES string of the molecule is C=CCn1c(=NC(=O)c2cc(C)on2)sc2cc(C(=O)OCC)ccc21. The summed E-state index contributed by atoms with van der Waals surface area (Å²) in [7, 11) is 0. The Balaban J connectivity index is 2.10. The van der Waals surface area contributed by atoms with Gasteiger partial charge in [0, 0.05) is 12.6 Å². The lowest BCUT2D eigenvalue weighted by molar-refractivity contribution is 0.0526. The minimum atomic E-state index is -0.489. The monoisotopic (exact) mass is 371 g/mol. The highest BCUT2D eigenvalue weighted by Crippen LogP contribution is 2.20. The number of hydrogen-bond acceptors (Lipinski definition) is 6. The molecule has 26 heavy (non-hydrogen) atoms. The van der Waals surface area contributed by atoms with Crippen LogP contribution in [0.1, 0.15) is 33.5 Å². The summed E-state index contributed by atoms with van der Waals surface area (Å²) in [6, 6.07) is 6.78. The molecule has 2 heterocycles. The zero-order valence-electron chi connectivity index (χ0n) is 14.4. The fraction of sp³-hybridized carbons (Fsp3) is 0.222. The molecule has 0 spiro atoms. The summed E-state index contributed by atoms with van der Waals surface area (Å²) < 4.78 is 12.6. The Morgan fingerprint density at radius 3 is 2.88 bits per heavy atom. The molecule has 0 unspecified atom stereocenters. The number of thiazole rings is 1. The van der Waals surface area contributed by atoms with E-state index in [0.717, 1.165) is 10.2 Å². The lowest BCUT2D eigenvalue weighted by Crippen LogP contribution is -2.16. The third-order valence-corrected chi connectivity index (χ3v) is 4.59. The van der Waals surface area contributed by atoms with Crippen LogP contribution in [0.25, 0.3) is 10.2 Å². The van der Waals surface area contributed by atoms with Crippen LogP contribution in [0, 0.1) is 6.92 Å². The van der Waals surface area contributed by atoms with Crippen molar-refractivity contribution in [2.24, 2.45) is 4.99 Å². The highest BCUT2D eigenvalue weighted by molar-refractivity contribution is 7.16. The van der Waals surface area contributed by atoms with Gasteiger partial charge in [-0.2, -0.15) is 4.99 Å². The first-order chi connectivity index (χ1) is 12.5. The molecular formula is C18H17N3O4S. The molecule has 2 aromatic heterocycles. The number of rotatable bonds is 5. The van der Waals surface area contributed by atoms with Gasteiger partial charge in [-0.05, 0) is 32.0 Å². The van der Waals surface area contributed by atoms with Gasteiger partial charge in [0.05, 0.1) is 22.4 Å². The Kier molecular flexibility index (Phi) is 5.13. The van der Waals surface area contributed by atoms with Crippen molar-refractivity contribution in [3.63, 3.8) is 0 Å². The number of esters is 1. The van der Waals surface area contributed by atoms with E-state index in [0.29, 0.717) is 29.3 Å². The topological polar surface area (TPSA) is 86.7 Å². The number of aryl methyl sites for hydroxylation is 1. The van der Waals surface area contributed by atoms with Crippen molar-refractivity contribution in [1.82, 2.24) is 9.72 Å². The van der Waals surface area contributed by atoms with Crippen molar-refractivity contribution in [2.75, 3.05) is 6.61 Å². The molecule has 0 aliphatic heterocycles. The smallest absolute Gasteiger partial charge is 0.338 e. The third-order valence-electron chi connectivity index (χ3n) is 3.55. The van der Waals surface area contributed by atoms with Gasteiger partial charge in [0.15, 0.2) is 10.5 Å². The van der Waals surface area contributed by atoms with Gasteiger partial charge in [0.25, 0.3) is 0 Å². The van der Waals surface area contributed by atoms with Gasteiger partial charge in [-0.25, -0.2) is 4.79 Å². The largest absolute Gasteiger partial charge is 0.462 e. The van der Waals surface area contributed by atoms with Gasteiger partial charge in [-0.1, -0.05) is 22.6 Å². The standard InChI is InChI=1S/C18H17N3O4S/c1-4-8-21-14-7-6-12(17(23)24-5-2)10-15(14)26-18(21)19-16(22)13-9-11(3)25-20-13/h4,6-7,9-10H,1,5,8H2,2-3H3. The van der Waals surface area contributed by atoms with E-state index in [1.165, 1.54) is 17.4 Å². The number of carbonyl (C=O) groups excluding carboxylic acids is 2. The number of ether oxygens (including phenoxy) is 1. The second-order valence-electron chi connectivity index (χ2n) is 5.43. The zero-order chi connectivity index (χ0) is 18.7. The normalized spacial score (nSPS) is 11.7. The molecule has 0 aliphatic carbocycles. The molecule has 8 heteroatoms. The predicted molar refractivity (Wildman–Crippen MR) is 97.1 cm³/mol. The fourth-order valence-electron chi connectivity index (χ4n) is 2.42. The van der Waals surface area contributed by atoms with Crippen LogP contribution in [-0.2, 0) is 11.3 Å². The molecule has 0 fully saturated rings. The Morgan fingerprint density at radius 1 is 1.42 bits per heavy atom. The Morgan fingerprint density at radius 2 is 2.23 bits per heavy atom. The van der Waals surface area contributed by atoms with E-state index < -0.39 is 5.91 Å². The van der Waals surface area contributed by atoms with Crippen LogP contribution in [-0.4, -0.2) is 28.2 Å². The molecule has 0 saturated heterocycles. The number of carbonyl (C=O) groups is 2. The van der Waals surface area contributed by atoms with Gasteiger partial charge in [0.2, 0.25) is 0 Å². The van der Waals surface area contributed by atoms with Crippen molar-refractivity contribution in [3.05, 3.63) is 58.7 Å². The first kappa shape index (κ1) is 17.8. The van der Waals surface area contributed by atoms with E-state index in [-0.39, 0.29) is 11.7 Å². The molecule has 1 aromatic carbocycles. The van der Waals surface area contributed by atoms with Gasteiger partial charge >= 0.3 is 11.9 Å². The van der Waals surface area contributed by atoms with Crippen LogP contribution in [0.5, 0.6) is 0 Å². The van der Waals surface area contributed by atoms with Crippen LogP contribution in [0.4, 0.5) is 0 Å². The van der Waals surface area contributed by atoms with E-state index >= 15 is 0 Å². The first-order valence-electron chi connectivity index (χ1n) is 7.97. The van der Waals surface area contributed by atoms with Gasteiger partial charge in [0.1, 0.15) is 5.76 Å². The number of allylic oxidation sites excluding steroid dienone is 1. The molecule has 0 bridgehead atoms. The lowest BCUT2D eigenvalue weighted by atomic mass is 10.2. The van der Waals surface area contributed by atoms with E-state index in [9.17, 15) is 9.59 Å². The molecule has 7 nitrogen and oxygen atoms in total. The Hall–Kier alpha value is -3.00. The van der Waals surface area contributed by atoms with E-state index in [1.807, 2.05) is 10.6 Å². The van der Waals surface area contributed by atoms with E-state index in [4.69, 9.17) is 9.26 Å². The molecule has 1 amide bonds. The van der Waals surface area contributed by atoms with E-state index in [1.54, 1.807) is 32.1 Å². The zero-order valence-corrected chi connectivity index (χ0v) is 15.2. The number of fused-ring (bicyclic) bond motifs is 1. The molecule has 134 valence electrons. The van der Waals surface area contributed by atoms with Gasteiger partial charge < -0.3 is 13.8 Å². The molecule has 3 aromatic rings. The van der Waals surface area contributed by atoms with Crippen molar-refractivity contribution < 1.29 is 18.8 Å². The second kappa shape index (κ2) is 7.49. The summed E-state index contributed by atoms with van der Waals surface area (Å²) in [6.07, 6.45) is 1.72. The average molecular weight is 371 g/mol. The van der Waals surface area contributed by atoms with E-state index in [2.05, 4.69) is 16.7 Å². The maximum Gasteiger partial charge on any atom is 0.338 e. The molecule has 0 saturated carbocycles. The number of amides is 1. The number of nitrogens with zero attached hydrogens (tertiary/aromatic N) is 3. The minimum absolute atomic E-state index is 0.150. The molecule has 0 atom stereocenters. The highest BCUT2D eigenvalue weighted by Gasteiger charge is 2.14. The molecular weight excluding hydrogens is 354 g/mol. The van der Waals surface area contributed by atoms with Crippen LogP contribution >= 0.6 is 11.3 Å². The molecule has 0 N–H and O–H groups in total. The summed E-state index contributed by atoms with van der Waals surface area (Å²) in [4.78, 5) is 28.9. The van der Waals surface area contributed by atoms with Gasteiger partial charge in [-0.3, -0.25) is 4.79 Å². The van der Waals surface area contributed by atoms with Crippen molar-refractivity contribution in [3.8, 4) is 0 Å². The van der Waals surface area contributed by atoms with Crippen molar-refractivity contribution in [2.45, 2.75) is 20.4 Å². The number of hydrogen-bond donors (Lipinski definition) is 0. The molecule has 0 aliphatic rings. The molecule has 3 rings (SSSR count). The maximum absolute atomic E-state index is 12.3. The lowest BCUT2D eigenvalue weighted by Gasteiger charge is -2.03. The van der Waals surface area contributed by atoms with Crippen molar-refractivity contribution >= 4 is 33.4 Å². The van der Waals surface area contributed by atoms with Crippen LogP contribution in [0.15, 0.2) is 46.4 Å². The Bertz CT molecular complexity index is 1060. The minimum Gasteiger partial charge on any atom is -0.462 e. The quantitative estimate of drug-likeness (QED) is 0.508. The van der Waals surface area contributed by atoms with Crippen LogP contribution < -0.4 is 4.80 Å². The third kappa shape index (κ3) is 3.50. The second-order valence-corrected chi connectivity index (χ2v) is 6.44. The fourth-order valence-corrected chi connectivity index (χ4v) is 3.49. The van der Waals surface area contributed by atoms with Crippen LogP contribution in [0.2, 0.25) is 0 Å². The summed E-state index contributed by atoms with van der Waals surface area (Å²) >= 11 is 1.30. The predicted octanol–water partition coefficient (Wildman–Crippen LogP) is 3.10. The summed E-state index contributed by atoms with van der Waals surface area (Å²) in [5.41, 5.74) is 1.46. The van der Waals surface area contributed by atoms with Crippen LogP contribution in [0.3, 0.4) is 0 Å².